The molecule has 1 aromatic heterocycles. The Kier molecular flexibility index (Phi) is 4.49. The minimum atomic E-state index is -0.358. The SMILES string of the molecule is Cc1cccc(-c2cnc(N)c(C(=O)N(C)CCO)n2)c1. The lowest BCUT2D eigenvalue weighted by molar-refractivity contribution is 0.0762. The number of likely N-dealkylation sites (N-methyl/N-ethyl adjacent to an activating group) is 1. The highest BCUT2D eigenvalue weighted by atomic mass is 16.3. The van der Waals surface area contributed by atoms with Crippen molar-refractivity contribution in [1.29, 1.82) is 0 Å². The Balaban J connectivity index is 2.40. The number of amides is 1. The van der Waals surface area contributed by atoms with Gasteiger partial charge in [0, 0.05) is 19.2 Å². The van der Waals surface area contributed by atoms with Gasteiger partial charge in [-0.15, -0.1) is 0 Å². The Morgan fingerprint density at radius 1 is 1.43 bits per heavy atom. The number of carbonyl (C=O) groups is 1. The summed E-state index contributed by atoms with van der Waals surface area (Å²) in [4.78, 5) is 22.0. The first-order valence-corrected chi connectivity index (χ1v) is 6.59. The van der Waals surface area contributed by atoms with Gasteiger partial charge in [-0.05, 0) is 13.0 Å². The fourth-order valence-electron chi connectivity index (χ4n) is 1.93. The first-order chi connectivity index (χ1) is 10.0. The summed E-state index contributed by atoms with van der Waals surface area (Å²) >= 11 is 0. The van der Waals surface area contributed by atoms with Gasteiger partial charge in [0.25, 0.3) is 5.91 Å². The Morgan fingerprint density at radius 3 is 2.86 bits per heavy atom. The number of carbonyl (C=O) groups excluding carboxylic acids is 1. The Labute approximate surface area is 123 Å². The number of rotatable bonds is 4. The van der Waals surface area contributed by atoms with Gasteiger partial charge in [-0.25, -0.2) is 9.97 Å². The largest absolute Gasteiger partial charge is 0.395 e. The predicted molar refractivity (Wildman–Crippen MR) is 80.7 cm³/mol. The molecule has 0 saturated carbocycles. The van der Waals surface area contributed by atoms with E-state index in [1.54, 1.807) is 13.2 Å². The van der Waals surface area contributed by atoms with Crippen LogP contribution in [-0.2, 0) is 0 Å². The van der Waals surface area contributed by atoms with Crippen molar-refractivity contribution in [2.75, 3.05) is 25.9 Å². The van der Waals surface area contributed by atoms with Gasteiger partial charge in [0.05, 0.1) is 18.5 Å². The molecule has 6 nitrogen and oxygen atoms in total. The monoisotopic (exact) mass is 286 g/mol. The van der Waals surface area contributed by atoms with Crippen molar-refractivity contribution in [3.05, 3.63) is 41.7 Å². The maximum absolute atomic E-state index is 12.2. The molecular formula is C15H18N4O2. The lowest BCUT2D eigenvalue weighted by atomic mass is 10.1. The molecule has 2 aromatic rings. The molecule has 0 radical (unpaired) electrons. The fraction of sp³-hybridized carbons (Fsp3) is 0.267. The smallest absolute Gasteiger partial charge is 0.276 e. The number of aliphatic hydroxyl groups is 1. The number of anilines is 1. The second-order valence-corrected chi connectivity index (χ2v) is 4.81. The average molecular weight is 286 g/mol. The van der Waals surface area contributed by atoms with Crippen molar-refractivity contribution in [2.45, 2.75) is 6.92 Å². The highest BCUT2D eigenvalue weighted by Crippen LogP contribution is 2.20. The van der Waals surface area contributed by atoms with Crippen molar-refractivity contribution >= 4 is 11.7 Å². The molecule has 0 aliphatic rings. The molecule has 2 rings (SSSR count). The van der Waals surface area contributed by atoms with Gasteiger partial charge in [0.2, 0.25) is 0 Å². The summed E-state index contributed by atoms with van der Waals surface area (Å²) in [6.45, 7) is 2.08. The zero-order valence-corrected chi connectivity index (χ0v) is 12.1. The van der Waals surface area contributed by atoms with E-state index in [4.69, 9.17) is 10.8 Å². The Bertz CT molecular complexity index is 658. The van der Waals surface area contributed by atoms with Gasteiger partial charge >= 0.3 is 0 Å². The normalized spacial score (nSPS) is 10.4. The van der Waals surface area contributed by atoms with Crippen molar-refractivity contribution < 1.29 is 9.90 Å². The Hall–Kier alpha value is -2.47. The van der Waals surface area contributed by atoms with E-state index < -0.39 is 0 Å². The molecule has 0 spiro atoms. The van der Waals surface area contributed by atoms with Crippen LogP contribution in [0, 0.1) is 6.92 Å². The topological polar surface area (TPSA) is 92.3 Å². The average Bonchev–Trinajstić information content (AvgIpc) is 2.47. The van der Waals surface area contributed by atoms with E-state index in [2.05, 4.69) is 9.97 Å². The summed E-state index contributed by atoms with van der Waals surface area (Å²) in [7, 11) is 1.58. The minimum Gasteiger partial charge on any atom is -0.395 e. The summed E-state index contributed by atoms with van der Waals surface area (Å²) in [5.74, 6) is -0.273. The number of nitrogens with two attached hydrogens (primary N) is 1. The lowest BCUT2D eigenvalue weighted by Gasteiger charge is -2.16. The molecule has 0 atom stereocenters. The number of nitrogens with zero attached hydrogens (tertiary/aromatic N) is 3. The molecule has 0 aliphatic heterocycles. The molecule has 0 aliphatic carbocycles. The lowest BCUT2D eigenvalue weighted by Crippen LogP contribution is -2.31. The van der Waals surface area contributed by atoms with Crippen LogP contribution in [0.3, 0.4) is 0 Å². The fourth-order valence-corrected chi connectivity index (χ4v) is 1.93. The van der Waals surface area contributed by atoms with Crippen LogP contribution in [0.2, 0.25) is 0 Å². The summed E-state index contributed by atoms with van der Waals surface area (Å²) in [6.07, 6.45) is 1.55. The van der Waals surface area contributed by atoms with Crippen LogP contribution in [-0.4, -0.2) is 46.1 Å². The molecule has 110 valence electrons. The predicted octanol–water partition coefficient (Wildman–Crippen LogP) is 1.10. The minimum absolute atomic E-state index is 0.0844. The molecule has 0 saturated heterocycles. The summed E-state index contributed by atoms with van der Waals surface area (Å²) in [6, 6.07) is 7.77. The number of hydrogen-bond donors (Lipinski definition) is 2. The van der Waals surface area contributed by atoms with Crippen LogP contribution in [0.5, 0.6) is 0 Å². The molecule has 21 heavy (non-hydrogen) atoms. The molecule has 3 N–H and O–H groups in total. The van der Waals surface area contributed by atoms with Crippen molar-refractivity contribution in [3.8, 4) is 11.3 Å². The van der Waals surface area contributed by atoms with Gasteiger partial charge in [-0.3, -0.25) is 4.79 Å². The molecule has 0 bridgehead atoms. The van der Waals surface area contributed by atoms with E-state index in [1.165, 1.54) is 4.90 Å². The molecule has 1 aromatic carbocycles. The quantitative estimate of drug-likeness (QED) is 0.878. The van der Waals surface area contributed by atoms with Crippen molar-refractivity contribution in [3.63, 3.8) is 0 Å². The second kappa shape index (κ2) is 6.32. The summed E-state index contributed by atoms with van der Waals surface area (Å²) in [5.41, 5.74) is 8.41. The van der Waals surface area contributed by atoms with Crippen molar-refractivity contribution in [1.82, 2.24) is 14.9 Å². The number of aromatic nitrogens is 2. The summed E-state index contributed by atoms with van der Waals surface area (Å²) in [5, 5.41) is 8.90. The van der Waals surface area contributed by atoms with E-state index in [0.29, 0.717) is 5.69 Å². The van der Waals surface area contributed by atoms with Crippen LogP contribution in [0.25, 0.3) is 11.3 Å². The third-order valence-corrected chi connectivity index (χ3v) is 3.10. The van der Waals surface area contributed by atoms with Crippen LogP contribution < -0.4 is 5.73 Å². The van der Waals surface area contributed by atoms with Gasteiger partial charge in [-0.2, -0.15) is 0 Å². The number of aliphatic hydroxyl groups excluding tert-OH is 1. The van der Waals surface area contributed by atoms with Crippen LogP contribution in [0.1, 0.15) is 16.1 Å². The zero-order chi connectivity index (χ0) is 15.4. The first-order valence-electron chi connectivity index (χ1n) is 6.59. The Morgan fingerprint density at radius 2 is 2.19 bits per heavy atom. The molecule has 1 amide bonds. The van der Waals surface area contributed by atoms with E-state index in [1.807, 2.05) is 31.2 Å². The molecule has 0 unspecified atom stereocenters. The standard InChI is InChI=1S/C15H18N4O2/c1-10-4-3-5-11(8-10)12-9-17-14(16)13(18-12)15(21)19(2)6-7-20/h3-5,8-9,20H,6-7H2,1-2H3,(H2,16,17). The number of aryl methyl sites for hydroxylation is 1. The second-order valence-electron chi connectivity index (χ2n) is 4.81. The number of nitrogen functional groups attached to an aromatic ring is 1. The van der Waals surface area contributed by atoms with Gasteiger partial charge < -0.3 is 15.7 Å². The summed E-state index contributed by atoms with van der Waals surface area (Å²) < 4.78 is 0. The highest BCUT2D eigenvalue weighted by Gasteiger charge is 2.18. The van der Waals surface area contributed by atoms with Gasteiger partial charge in [0.1, 0.15) is 0 Å². The molecule has 1 heterocycles. The van der Waals surface area contributed by atoms with E-state index in [0.717, 1.165) is 11.1 Å². The first kappa shape index (κ1) is 14.9. The molecule has 6 heteroatoms. The maximum Gasteiger partial charge on any atom is 0.276 e. The van der Waals surface area contributed by atoms with Crippen molar-refractivity contribution in [2.24, 2.45) is 0 Å². The molecule has 0 fully saturated rings. The van der Waals surface area contributed by atoms with E-state index in [9.17, 15) is 4.79 Å². The third-order valence-electron chi connectivity index (χ3n) is 3.10. The maximum atomic E-state index is 12.2. The third kappa shape index (κ3) is 3.35. The van der Waals surface area contributed by atoms with Gasteiger partial charge in [-0.1, -0.05) is 23.8 Å². The highest BCUT2D eigenvalue weighted by molar-refractivity contribution is 5.96. The zero-order valence-electron chi connectivity index (χ0n) is 12.1. The van der Waals surface area contributed by atoms with Gasteiger partial charge in [0.15, 0.2) is 11.5 Å². The van der Waals surface area contributed by atoms with Crippen LogP contribution in [0.4, 0.5) is 5.82 Å². The molecular weight excluding hydrogens is 268 g/mol. The van der Waals surface area contributed by atoms with E-state index >= 15 is 0 Å². The number of hydrogen-bond acceptors (Lipinski definition) is 5. The number of benzene rings is 1. The van der Waals surface area contributed by atoms with Crippen LogP contribution in [0.15, 0.2) is 30.5 Å². The van der Waals surface area contributed by atoms with E-state index in [-0.39, 0.29) is 30.6 Å². The van der Waals surface area contributed by atoms with Crippen LogP contribution >= 0.6 is 0 Å².